The molecule has 3 atom stereocenters. The maximum absolute atomic E-state index is 12.4. The Morgan fingerprint density at radius 1 is 1.21 bits per heavy atom. The molecule has 2 saturated heterocycles. The molecule has 19 heavy (non-hydrogen) atoms. The third kappa shape index (κ3) is 4.46. The van der Waals surface area contributed by atoms with Crippen LogP contribution in [-0.4, -0.2) is 48.7 Å². The minimum Gasteiger partial charge on any atom is -0.364 e. The zero-order valence-corrected chi connectivity index (χ0v) is 12.4. The van der Waals surface area contributed by atoms with Crippen molar-refractivity contribution >= 4 is 5.91 Å². The molecule has 0 aromatic carbocycles. The molecular weight excluding hydrogens is 240 g/mol. The van der Waals surface area contributed by atoms with E-state index in [1.807, 2.05) is 11.8 Å². The summed E-state index contributed by atoms with van der Waals surface area (Å²) >= 11 is 0. The predicted octanol–water partition coefficient (Wildman–Crippen LogP) is 1.93. The van der Waals surface area contributed by atoms with Crippen LogP contribution in [0, 0.1) is 0 Å². The quantitative estimate of drug-likeness (QED) is 0.850. The summed E-state index contributed by atoms with van der Waals surface area (Å²) in [4.78, 5) is 14.4. The molecule has 1 amide bonds. The Morgan fingerprint density at radius 3 is 2.47 bits per heavy atom. The van der Waals surface area contributed by atoms with E-state index in [1.54, 1.807) is 0 Å². The zero-order chi connectivity index (χ0) is 13.7. The fraction of sp³-hybridized carbons (Fsp3) is 0.933. The molecule has 4 nitrogen and oxygen atoms in total. The number of rotatable bonds is 3. The third-order valence-corrected chi connectivity index (χ3v) is 4.28. The molecule has 2 fully saturated rings. The topological polar surface area (TPSA) is 41.6 Å². The molecule has 0 radical (unpaired) electrons. The summed E-state index contributed by atoms with van der Waals surface area (Å²) in [6.45, 7) is 6.80. The number of piperidine rings is 1. The molecular formula is C15H28N2O2. The standard InChI is InChI=1S/C15H28N2O2/c1-12-7-8-14(11-16-12)19-13(2)15(18)17-9-5-3-4-6-10-17/h12-14,16H,3-11H2,1-2H3. The van der Waals surface area contributed by atoms with Crippen molar-refractivity contribution in [1.29, 1.82) is 0 Å². The van der Waals surface area contributed by atoms with E-state index in [1.165, 1.54) is 12.8 Å². The summed E-state index contributed by atoms with van der Waals surface area (Å²) in [7, 11) is 0. The molecule has 3 unspecified atom stereocenters. The first-order chi connectivity index (χ1) is 9.16. The summed E-state index contributed by atoms with van der Waals surface area (Å²) in [5, 5.41) is 3.42. The smallest absolute Gasteiger partial charge is 0.251 e. The largest absolute Gasteiger partial charge is 0.364 e. The highest BCUT2D eigenvalue weighted by molar-refractivity contribution is 5.80. The molecule has 0 bridgehead atoms. The molecule has 4 heteroatoms. The van der Waals surface area contributed by atoms with Crippen LogP contribution in [0.25, 0.3) is 0 Å². The van der Waals surface area contributed by atoms with E-state index < -0.39 is 0 Å². The fourth-order valence-corrected chi connectivity index (χ4v) is 2.98. The Balaban J connectivity index is 1.78. The van der Waals surface area contributed by atoms with Crippen molar-refractivity contribution < 1.29 is 9.53 Å². The van der Waals surface area contributed by atoms with Gasteiger partial charge in [-0.2, -0.15) is 0 Å². The Morgan fingerprint density at radius 2 is 1.89 bits per heavy atom. The fourth-order valence-electron chi connectivity index (χ4n) is 2.98. The van der Waals surface area contributed by atoms with E-state index in [9.17, 15) is 4.79 Å². The van der Waals surface area contributed by atoms with Gasteiger partial charge >= 0.3 is 0 Å². The first-order valence-corrected chi connectivity index (χ1v) is 7.84. The van der Waals surface area contributed by atoms with Crippen LogP contribution >= 0.6 is 0 Å². The molecule has 2 rings (SSSR count). The van der Waals surface area contributed by atoms with Crippen LogP contribution in [0.15, 0.2) is 0 Å². The van der Waals surface area contributed by atoms with Crippen molar-refractivity contribution in [3.05, 3.63) is 0 Å². The molecule has 0 saturated carbocycles. The number of amides is 1. The molecule has 2 aliphatic rings. The number of likely N-dealkylation sites (tertiary alicyclic amines) is 1. The van der Waals surface area contributed by atoms with Crippen molar-refractivity contribution in [2.24, 2.45) is 0 Å². The van der Waals surface area contributed by atoms with Gasteiger partial charge in [-0.05, 0) is 39.5 Å². The number of nitrogens with one attached hydrogen (secondary N) is 1. The van der Waals surface area contributed by atoms with Gasteiger partial charge in [0.15, 0.2) is 0 Å². The van der Waals surface area contributed by atoms with E-state index in [-0.39, 0.29) is 18.1 Å². The average molecular weight is 268 g/mol. The Hall–Kier alpha value is -0.610. The van der Waals surface area contributed by atoms with E-state index >= 15 is 0 Å². The van der Waals surface area contributed by atoms with Gasteiger partial charge in [-0.3, -0.25) is 4.79 Å². The Bertz CT molecular complexity index is 280. The predicted molar refractivity (Wildman–Crippen MR) is 76.1 cm³/mol. The lowest BCUT2D eigenvalue weighted by Gasteiger charge is -2.31. The summed E-state index contributed by atoms with van der Waals surface area (Å²) in [5.41, 5.74) is 0. The summed E-state index contributed by atoms with van der Waals surface area (Å²) in [5.74, 6) is 0.181. The lowest BCUT2D eigenvalue weighted by molar-refractivity contribution is -0.147. The van der Waals surface area contributed by atoms with Crippen LogP contribution in [0.1, 0.15) is 52.4 Å². The zero-order valence-electron chi connectivity index (χ0n) is 12.4. The molecule has 0 aliphatic carbocycles. The first-order valence-electron chi connectivity index (χ1n) is 7.84. The Labute approximate surface area is 116 Å². The second-order valence-electron chi connectivity index (χ2n) is 6.03. The number of carbonyl (C=O) groups excluding carboxylic acids is 1. The minimum absolute atomic E-state index is 0.181. The van der Waals surface area contributed by atoms with Crippen molar-refractivity contribution in [1.82, 2.24) is 10.2 Å². The van der Waals surface area contributed by atoms with Crippen LogP contribution < -0.4 is 5.32 Å². The second-order valence-corrected chi connectivity index (χ2v) is 6.03. The van der Waals surface area contributed by atoms with Crippen molar-refractivity contribution in [2.75, 3.05) is 19.6 Å². The van der Waals surface area contributed by atoms with Crippen molar-refractivity contribution in [3.8, 4) is 0 Å². The maximum atomic E-state index is 12.4. The molecule has 2 aliphatic heterocycles. The highest BCUT2D eigenvalue weighted by atomic mass is 16.5. The Kier molecular flexibility index (Phi) is 5.64. The van der Waals surface area contributed by atoms with Gasteiger partial charge < -0.3 is 15.0 Å². The number of hydrogen-bond acceptors (Lipinski definition) is 3. The van der Waals surface area contributed by atoms with Crippen LogP contribution in [0.4, 0.5) is 0 Å². The van der Waals surface area contributed by atoms with Crippen molar-refractivity contribution in [3.63, 3.8) is 0 Å². The van der Waals surface area contributed by atoms with Gasteiger partial charge in [-0.15, -0.1) is 0 Å². The van der Waals surface area contributed by atoms with Gasteiger partial charge in [-0.1, -0.05) is 12.8 Å². The summed E-state index contributed by atoms with van der Waals surface area (Å²) in [6.07, 6.45) is 6.89. The minimum atomic E-state index is -0.293. The molecule has 110 valence electrons. The lowest BCUT2D eigenvalue weighted by Crippen LogP contribution is -2.46. The van der Waals surface area contributed by atoms with E-state index in [0.29, 0.717) is 6.04 Å². The third-order valence-electron chi connectivity index (χ3n) is 4.28. The SMILES string of the molecule is CC1CCC(OC(C)C(=O)N2CCCCCC2)CN1. The van der Waals surface area contributed by atoms with E-state index in [2.05, 4.69) is 12.2 Å². The monoisotopic (exact) mass is 268 g/mol. The number of nitrogens with zero attached hydrogens (tertiary/aromatic N) is 1. The number of ether oxygens (including phenoxy) is 1. The molecule has 0 aromatic rings. The molecule has 0 spiro atoms. The maximum Gasteiger partial charge on any atom is 0.251 e. The van der Waals surface area contributed by atoms with Crippen LogP contribution in [0.3, 0.4) is 0 Å². The van der Waals surface area contributed by atoms with Gasteiger partial charge in [0.1, 0.15) is 6.10 Å². The van der Waals surface area contributed by atoms with Crippen LogP contribution in [0.5, 0.6) is 0 Å². The summed E-state index contributed by atoms with van der Waals surface area (Å²) < 4.78 is 5.94. The van der Waals surface area contributed by atoms with Gasteiger partial charge in [0, 0.05) is 25.7 Å². The highest BCUT2D eigenvalue weighted by Gasteiger charge is 2.26. The summed E-state index contributed by atoms with van der Waals surface area (Å²) in [6, 6.07) is 0.580. The normalized spacial score (nSPS) is 30.7. The molecule has 1 N–H and O–H groups in total. The first kappa shape index (κ1) is 14.8. The average Bonchev–Trinajstić information content (AvgIpc) is 2.69. The van der Waals surface area contributed by atoms with Crippen LogP contribution in [-0.2, 0) is 9.53 Å². The van der Waals surface area contributed by atoms with Gasteiger partial charge in [0.2, 0.25) is 0 Å². The second kappa shape index (κ2) is 7.25. The van der Waals surface area contributed by atoms with E-state index in [4.69, 9.17) is 4.74 Å². The van der Waals surface area contributed by atoms with Crippen LogP contribution in [0.2, 0.25) is 0 Å². The van der Waals surface area contributed by atoms with Gasteiger partial charge in [0.25, 0.3) is 5.91 Å². The lowest BCUT2D eigenvalue weighted by atomic mass is 10.0. The highest BCUT2D eigenvalue weighted by Crippen LogP contribution is 2.16. The number of carbonyl (C=O) groups is 1. The van der Waals surface area contributed by atoms with Gasteiger partial charge in [0.05, 0.1) is 6.10 Å². The van der Waals surface area contributed by atoms with Crippen molar-refractivity contribution in [2.45, 2.75) is 70.6 Å². The number of hydrogen-bond donors (Lipinski definition) is 1. The molecule has 0 aromatic heterocycles. The van der Waals surface area contributed by atoms with Gasteiger partial charge in [-0.25, -0.2) is 0 Å². The molecule has 2 heterocycles. The van der Waals surface area contributed by atoms with E-state index in [0.717, 1.165) is 45.3 Å².